The van der Waals surface area contributed by atoms with Crippen molar-refractivity contribution in [1.82, 2.24) is 14.5 Å². The first-order valence-electron chi connectivity index (χ1n) is 7.80. The number of benzene rings is 2. The molecule has 0 saturated carbocycles. The summed E-state index contributed by atoms with van der Waals surface area (Å²) >= 11 is 7.45. The van der Waals surface area contributed by atoms with Crippen LogP contribution in [0.15, 0.2) is 55.0 Å². The summed E-state index contributed by atoms with van der Waals surface area (Å²) in [7, 11) is 0. The average molecular weight is 368 g/mol. The standard InChI is InChI=1S/C19H14ClN3OS/c1-12(10-24)13-5-6-17-16(8-13)22-11-23(17)15-4-2-3-14(7-15)19-21-9-18(20)25-19/h2-12H,1H3. The van der Waals surface area contributed by atoms with Gasteiger partial charge in [0.1, 0.15) is 22.0 Å². The van der Waals surface area contributed by atoms with Crippen LogP contribution in [0.4, 0.5) is 0 Å². The number of imidazole rings is 1. The maximum atomic E-state index is 11.0. The highest BCUT2D eigenvalue weighted by Crippen LogP contribution is 2.30. The highest BCUT2D eigenvalue weighted by atomic mass is 35.5. The third-order valence-corrected chi connectivity index (χ3v) is 5.31. The molecule has 2 heterocycles. The van der Waals surface area contributed by atoms with Gasteiger partial charge in [-0.15, -0.1) is 11.3 Å². The van der Waals surface area contributed by atoms with Crippen molar-refractivity contribution < 1.29 is 4.79 Å². The van der Waals surface area contributed by atoms with Crippen molar-refractivity contribution in [3.05, 3.63) is 64.9 Å². The molecule has 2 aromatic carbocycles. The molecule has 0 fully saturated rings. The molecule has 4 aromatic rings. The second kappa shape index (κ2) is 6.43. The average Bonchev–Trinajstić information content (AvgIpc) is 3.26. The lowest BCUT2D eigenvalue weighted by Gasteiger charge is -2.07. The monoisotopic (exact) mass is 367 g/mol. The molecule has 0 radical (unpaired) electrons. The Morgan fingerprint density at radius 3 is 2.84 bits per heavy atom. The molecule has 0 aliphatic heterocycles. The number of hydrogen-bond acceptors (Lipinski definition) is 4. The van der Waals surface area contributed by atoms with Crippen LogP contribution in [0.2, 0.25) is 4.34 Å². The summed E-state index contributed by atoms with van der Waals surface area (Å²) < 4.78 is 2.70. The lowest BCUT2D eigenvalue weighted by Crippen LogP contribution is -1.95. The van der Waals surface area contributed by atoms with Crippen LogP contribution in [0.3, 0.4) is 0 Å². The molecule has 0 aliphatic carbocycles. The van der Waals surface area contributed by atoms with E-state index in [1.54, 1.807) is 12.5 Å². The van der Waals surface area contributed by atoms with Crippen molar-refractivity contribution in [2.75, 3.05) is 0 Å². The fourth-order valence-electron chi connectivity index (χ4n) is 2.77. The number of halogens is 1. The summed E-state index contributed by atoms with van der Waals surface area (Å²) in [4.78, 5) is 19.8. The molecule has 0 spiro atoms. The molecule has 0 N–H and O–H groups in total. The van der Waals surface area contributed by atoms with Gasteiger partial charge in [0.2, 0.25) is 0 Å². The van der Waals surface area contributed by atoms with Crippen LogP contribution in [0.1, 0.15) is 18.4 Å². The van der Waals surface area contributed by atoms with E-state index < -0.39 is 0 Å². The third-order valence-electron chi connectivity index (χ3n) is 4.15. The molecular formula is C19H14ClN3OS. The minimum atomic E-state index is -0.132. The van der Waals surface area contributed by atoms with Crippen LogP contribution < -0.4 is 0 Å². The van der Waals surface area contributed by atoms with Crippen LogP contribution in [0.25, 0.3) is 27.3 Å². The Balaban J connectivity index is 1.78. The Kier molecular flexibility index (Phi) is 4.11. The Morgan fingerprint density at radius 1 is 1.20 bits per heavy atom. The van der Waals surface area contributed by atoms with Crippen molar-refractivity contribution >= 4 is 40.3 Å². The first kappa shape index (κ1) is 16.0. The van der Waals surface area contributed by atoms with E-state index in [9.17, 15) is 4.79 Å². The summed E-state index contributed by atoms with van der Waals surface area (Å²) in [6.07, 6.45) is 4.41. The predicted octanol–water partition coefficient (Wildman–Crippen LogP) is 5.10. The molecule has 4 rings (SSSR count). The summed E-state index contributed by atoms with van der Waals surface area (Å²) in [6, 6.07) is 14.1. The second-order valence-corrected chi connectivity index (χ2v) is 7.47. The van der Waals surface area contributed by atoms with Gasteiger partial charge in [-0.25, -0.2) is 9.97 Å². The van der Waals surface area contributed by atoms with Crippen LogP contribution in [0, 0.1) is 0 Å². The molecule has 1 atom stereocenters. The number of carbonyl (C=O) groups excluding carboxylic acids is 1. The minimum absolute atomic E-state index is 0.132. The molecule has 0 bridgehead atoms. The Morgan fingerprint density at radius 2 is 2.08 bits per heavy atom. The topological polar surface area (TPSA) is 47.8 Å². The van der Waals surface area contributed by atoms with E-state index in [2.05, 4.69) is 16.0 Å². The van der Waals surface area contributed by atoms with Crippen LogP contribution in [-0.2, 0) is 4.79 Å². The lowest BCUT2D eigenvalue weighted by atomic mass is 10.0. The molecule has 25 heavy (non-hydrogen) atoms. The van der Waals surface area contributed by atoms with Crippen molar-refractivity contribution in [3.8, 4) is 16.3 Å². The molecule has 0 aliphatic rings. The van der Waals surface area contributed by atoms with E-state index in [4.69, 9.17) is 11.6 Å². The number of carbonyl (C=O) groups is 1. The van der Waals surface area contributed by atoms with E-state index in [-0.39, 0.29) is 5.92 Å². The number of aromatic nitrogens is 3. The van der Waals surface area contributed by atoms with Gasteiger partial charge in [0.05, 0.1) is 17.2 Å². The highest BCUT2D eigenvalue weighted by molar-refractivity contribution is 7.18. The van der Waals surface area contributed by atoms with Gasteiger partial charge in [-0.05, 0) is 29.8 Å². The number of rotatable bonds is 4. The van der Waals surface area contributed by atoms with Gasteiger partial charge in [-0.1, -0.05) is 36.7 Å². The van der Waals surface area contributed by atoms with E-state index >= 15 is 0 Å². The number of hydrogen-bond donors (Lipinski definition) is 0. The van der Waals surface area contributed by atoms with Gasteiger partial charge in [-0.2, -0.15) is 0 Å². The Hall–Kier alpha value is -2.50. The van der Waals surface area contributed by atoms with Gasteiger partial charge in [0.15, 0.2) is 0 Å². The fraction of sp³-hybridized carbons (Fsp3) is 0.105. The number of aldehydes is 1. The van der Waals surface area contributed by atoms with Crippen LogP contribution in [0.5, 0.6) is 0 Å². The summed E-state index contributed by atoms with van der Waals surface area (Å²) in [6.45, 7) is 1.88. The van der Waals surface area contributed by atoms with Crippen molar-refractivity contribution in [3.63, 3.8) is 0 Å². The van der Waals surface area contributed by atoms with Crippen molar-refractivity contribution in [1.29, 1.82) is 0 Å². The lowest BCUT2D eigenvalue weighted by molar-refractivity contribution is -0.108. The zero-order valence-corrected chi connectivity index (χ0v) is 15.0. The molecule has 1 unspecified atom stereocenters. The quantitative estimate of drug-likeness (QED) is 0.471. The smallest absolute Gasteiger partial charge is 0.127 e. The molecule has 0 amide bonds. The Labute approximate surface area is 153 Å². The number of fused-ring (bicyclic) bond motifs is 1. The van der Waals surface area contributed by atoms with Crippen LogP contribution in [-0.4, -0.2) is 20.8 Å². The summed E-state index contributed by atoms with van der Waals surface area (Å²) in [5.74, 6) is -0.132. The van der Waals surface area contributed by atoms with Crippen molar-refractivity contribution in [2.45, 2.75) is 12.8 Å². The first-order valence-corrected chi connectivity index (χ1v) is 8.99. The zero-order valence-electron chi connectivity index (χ0n) is 13.4. The normalized spacial score (nSPS) is 12.4. The van der Waals surface area contributed by atoms with E-state index in [1.165, 1.54) is 11.3 Å². The maximum absolute atomic E-state index is 11.0. The maximum Gasteiger partial charge on any atom is 0.127 e. The highest BCUT2D eigenvalue weighted by Gasteiger charge is 2.10. The van der Waals surface area contributed by atoms with Gasteiger partial charge in [0, 0.05) is 17.2 Å². The number of thiazole rings is 1. The zero-order chi connectivity index (χ0) is 17.4. The summed E-state index contributed by atoms with van der Waals surface area (Å²) in [5.41, 5.74) is 4.86. The van der Waals surface area contributed by atoms with Crippen LogP contribution >= 0.6 is 22.9 Å². The van der Waals surface area contributed by atoms with E-state index in [1.807, 2.05) is 47.9 Å². The van der Waals surface area contributed by atoms with Gasteiger partial charge >= 0.3 is 0 Å². The molecule has 6 heteroatoms. The molecule has 4 nitrogen and oxygen atoms in total. The molecule has 124 valence electrons. The van der Waals surface area contributed by atoms with Gasteiger partial charge in [-0.3, -0.25) is 4.57 Å². The number of nitrogens with zero attached hydrogens (tertiary/aromatic N) is 3. The molecule has 0 saturated heterocycles. The minimum Gasteiger partial charge on any atom is -0.303 e. The SMILES string of the molecule is CC(C=O)c1ccc2c(c1)ncn2-c1cccc(-c2ncc(Cl)s2)c1. The fourth-order valence-corrected chi connectivity index (χ4v) is 3.68. The Bertz CT molecular complexity index is 1070. The first-order chi connectivity index (χ1) is 12.2. The van der Waals surface area contributed by atoms with Gasteiger partial charge < -0.3 is 4.79 Å². The van der Waals surface area contributed by atoms with E-state index in [0.717, 1.165) is 39.1 Å². The van der Waals surface area contributed by atoms with E-state index in [0.29, 0.717) is 4.34 Å². The third kappa shape index (κ3) is 2.97. The second-order valence-electron chi connectivity index (χ2n) is 5.81. The largest absolute Gasteiger partial charge is 0.303 e. The van der Waals surface area contributed by atoms with Gasteiger partial charge in [0.25, 0.3) is 0 Å². The molecule has 2 aromatic heterocycles. The summed E-state index contributed by atoms with van der Waals surface area (Å²) in [5, 5.41) is 0.887. The van der Waals surface area contributed by atoms with Crippen molar-refractivity contribution in [2.24, 2.45) is 0 Å². The molecular weight excluding hydrogens is 354 g/mol. The predicted molar refractivity (Wildman–Crippen MR) is 102 cm³/mol.